The van der Waals surface area contributed by atoms with Crippen LogP contribution in [0.15, 0.2) is 24.3 Å². The molecule has 0 heterocycles. The van der Waals surface area contributed by atoms with Gasteiger partial charge in [-0.25, -0.2) is 0 Å². The van der Waals surface area contributed by atoms with E-state index in [1.807, 2.05) is 31.2 Å². The van der Waals surface area contributed by atoms with Crippen LogP contribution in [0.25, 0.3) is 0 Å². The summed E-state index contributed by atoms with van der Waals surface area (Å²) in [6.07, 6.45) is 0. The summed E-state index contributed by atoms with van der Waals surface area (Å²) in [5.41, 5.74) is 1.20. The van der Waals surface area contributed by atoms with Crippen molar-refractivity contribution in [1.82, 2.24) is 0 Å². The molecule has 0 nitrogen and oxygen atoms in total. The van der Waals surface area contributed by atoms with Crippen molar-refractivity contribution >= 4 is 10.2 Å². The van der Waals surface area contributed by atoms with Crippen LogP contribution in [-0.2, 0) is 14.6 Å². The van der Waals surface area contributed by atoms with Gasteiger partial charge in [-0.15, -0.1) is 0 Å². The maximum absolute atomic E-state index is 4.26. The fourth-order valence-electron chi connectivity index (χ4n) is 0.483. The van der Waals surface area contributed by atoms with Gasteiger partial charge in [-0.2, -0.15) is 35.9 Å². The first-order valence-corrected chi connectivity index (χ1v) is 3.81. The Balaban J connectivity index is 0.000000291. The van der Waals surface area contributed by atoms with Crippen molar-refractivity contribution in [2.45, 2.75) is 6.92 Å². The summed E-state index contributed by atoms with van der Waals surface area (Å²) in [5.74, 6) is 0. The Bertz CT molecular complexity index is 139. The van der Waals surface area contributed by atoms with Crippen LogP contribution < -0.4 is 0 Å². The molecule has 0 aliphatic heterocycles. The average molecular weight is 185 g/mol. The van der Waals surface area contributed by atoms with Gasteiger partial charge < -0.3 is 0 Å². The third-order valence-electron chi connectivity index (χ3n) is 0.865. The molecule has 2 heteroatoms. The molecular weight excluding hydrogens is 178 g/mol. The van der Waals surface area contributed by atoms with Gasteiger partial charge in [0.2, 0.25) is 0 Å². The third kappa shape index (κ3) is 4.50. The molecule has 0 N–H and O–H groups in total. The molecule has 1 aromatic rings. The van der Waals surface area contributed by atoms with Crippen LogP contribution in [0, 0.1) is 13.0 Å². The van der Waals surface area contributed by atoms with Gasteiger partial charge in [0.25, 0.3) is 0 Å². The quantitative estimate of drug-likeness (QED) is 0.430. The zero-order valence-corrected chi connectivity index (χ0v) is 6.75. The van der Waals surface area contributed by atoms with Gasteiger partial charge in [-0.3, -0.25) is 0 Å². The zero-order valence-electron chi connectivity index (χ0n) is 5.00. The molecule has 0 aromatic heterocycles. The molecule has 0 spiro atoms. The summed E-state index contributed by atoms with van der Waals surface area (Å²) in [7, 11) is 4.26. The molecular formula is C7H7ClNi-. The minimum atomic E-state index is 1.20. The van der Waals surface area contributed by atoms with E-state index in [0.717, 1.165) is 0 Å². The number of rotatable bonds is 0. The van der Waals surface area contributed by atoms with E-state index in [4.69, 9.17) is 0 Å². The molecule has 0 saturated heterocycles. The van der Waals surface area contributed by atoms with Gasteiger partial charge in [0.05, 0.1) is 0 Å². The fourth-order valence-corrected chi connectivity index (χ4v) is 0.483. The Kier molecular flexibility index (Phi) is 6.13. The minimum absolute atomic E-state index is 1.20. The number of aryl methyl sites for hydroxylation is 1. The van der Waals surface area contributed by atoms with Crippen molar-refractivity contribution in [2.75, 3.05) is 0 Å². The van der Waals surface area contributed by atoms with E-state index in [1.165, 1.54) is 5.56 Å². The van der Waals surface area contributed by atoms with Crippen LogP contribution in [0.3, 0.4) is 0 Å². The van der Waals surface area contributed by atoms with Crippen molar-refractivity contribution in [3.8, 4) is 0 Å². The van der Waals surface area contributed by atoms with Crippen molar-refractivity contribution in [1.29, 1.82) is 0 Å². The maximum atomic E-state index is 4.26. The molecule has 0 aliphatic carbocycles. The summed E-state index contributed by atoms with van der Waals surface area (Å²) >= 11 is 3.35. The molecule has 0 fully saturated rings. The molecule has 53 valence electrons. The zero-order chi connectivity index (χ0) is 7.11. The Morgan fingerprint density at radius 3 is 2.33 bits per heavy atom. The first-order chi connectivity index (χ1) is 4.39. The second kappa shape index (κ2) is 6.13. The van der Waals surface area contributed by atoms with Crippen LogP contribution >= 0.6 is 10.2 Å². The SMILES string of the molecule is Cc1[c-]cccc1.[Cl][Ni]. The van der Waals surface area contributed by atoms with Gasteiger partial charge in [0.15, 0.2) is 0 Å². The monoisotopic (exact) mass is 184 g/mol. The molecule has 0 radical (unpaired) electrons. The third-order valence-corrected chi connectivity index (χ3v) is 0.865. The molecule has 0 amide bonds. The Morgan fingerprint density at radius 2 is 2.11 bits per heavy atom. The summed E-state index contributed by atoms with van der Waals surface area (Å²) < 4.78 is 0. The number of benzene rings is 1. The van der Waals surface area contributed by atoms with Crippen molar-refractivity contribution in [3.63, 3.8) is 0 Å². The normalized spacial score (nSPS) is 7.56. The standard InChI is InChI=1S/C7H7.ClH.Ni/c1-7-5-3-2-4-6-7;;/h2-5H,1H3;1H;/q-1;;+1/p-1. The van der Waals surface area contributed by atoms with Gasteiger partial charge >= 0.3 is 24.8 Å². The number of hydrogen-bond donors (Lipinski definition) is 0. The molecule has 1 rings (SSSR count). The van der Waals surface area contributed by atoms with Crippen LogP contribution in [0.5, 0.6) is 0 Å². The van der Waals surface area contributed by atoms with Crippen molar-refractivity contribution in [2.24, 2.45) is 0 Å². The average Bonchev–Trinajstić information content (AvgIpc) is 1.94. The van der Waals surface area contributed by atoms with Crippen LogP contribution in [-0.4, -0.2) is 0 Å². The molecule has 9 heavy (non-hydrogen) atoms. The fraction of sp³-hybridized carbons (Fsp3) is 0.143. The Morgan fingerprint density at radius 1 is 1.44 bits per heavy atom. The van der Waals surface area contributed by atoms with Crippen molar-refractivity contribution in [3.05, 3.63) is 35.9 Å². The topological polar surface area (TPSA) is 0 Å². The number of hydrogen-bond acceptors (Lipinski definition) is 0. The van der Waals surface area contributed by atoms with Gasteiger partial charge in [0, 0.05) is 0 Å². The van der Waals surface area contributed by atoms with Gasteiger partial charge in [-0.1, -0.05) is 6.92 Å². The predicted octanol–water partition coefficient (Wildman–Crippen LogP) is 2.48. The van der Waals surface area contributed by atoms with Gasteiger partial charge in [0.1, 0.15) is 0 Å². The van der Waals surface area contributed by atoms with E-state index in [0.29, 0.717) is 0 Å². The van der Waals surface area contributed by atoms with E-state index < -0.39 is 0 Å². The first kappa shape index (κ1) is 9.00. The molecule has 0 atom stereocenters. The summed E-state index contributed by atoms with van der Waals surface area (Å²) in [5, 5.41) is 0. The summed E-state index contributed by atoms with van der Waals surface area (Å²) in [4.78, 5) is 0. The molecule has 0 unspecified atom stereocenters. The van der Waals surface area contributed by atoms with Crippen LogP contribution in [0.1, 0.15) is 5.56 Å². The van der Waals surface area contributed by atoms with Gasteiger partial charge in [-0.05, 0) is 0 Å². The molecule has 0 bridgehead atoms. The van der Waals surface area contributed by atoms with E-state index in [9.17, 15) is 0 Å². The molecule has 1 aromatic carbocycles. The van der Waals surface area contributed by atoms with E-state index >= 15 is 0 Å². The second-order valence-electron chi connectivity index (χ2n) is 1.55. The second-order valence-corrected chi connectivity index (χ2v) is 1.55. The van der Waals surface area contributed by atoms with E-state index in [-0.39, 0.29) is 0 Å². The Hall–Kier alpha value is 0.00351. The number of halogens is 1. The molecule has 0 saturated carbocycles. The molecule has 0 aliphatic rings. The van der Waals surface area contributed by atoms with Crippen molar-refractivity contribution < 1.29 is 14.6 Å². The summed E-state index contributed by atoms with van der Waals surface area (Å²) in [6.45, 7) is 2.03. The van der Waals surface area contributed by atoms with E-state index in [2.05, 4.69) is 30.8 Å². The predicted molar refractivity (Wildman–Crippen MR) is 35.9 cm³/mol. The van der Waals surface area contributed by atoms with Crippen LogP contribution in [0.4, 0.5) is 0 Å². The first-order valence-electron chi connectivity index (χ1n) is 2.45. The van der Waals surface area contributed by atoms with E-state index in [1.54, 1.807) is 0 Å². The Labute approximate surface area is 67.9 Å². The van der Waals surface area contributed by atoms with Crippen LogP contribution in [0.2, 0.25) is 0 Å². The summed E-state index contributed by atoms with van der Waals surface area (Å²) in [6, 6.07) is 10.9.